The van der Waals surface area contributed by atoms with E-state index in [-0.39, 0.29) is 5.56 Å². The normalized spacial score (nSPS) is 11.2. The highest BCUT2D eigenvalue weighted by molar-refractivity contribution is 8.13. The molecule has 5 nitrogen and oxygen atoms in total. The topological polar surface area (TPSA) is 81.0 Å². The Labute approximate surface area is 108 Å². The largest absolute Gasteiger partial charge is 0.328 e. The molecule has 0 fully saturated rings. The zero-order valence-electron chi connectivity index (χ0n) is 9.60. The van der Waals surface area contributed by atoms with Gasteiger partial charge in [0.2, 0.25) is 5.56 Å². The monoisotopic (exact) mass is 258 g/mol. The predicted octanol–water partition coefficient (Wildman–Crippen LogP) is 1.95. The van der Waals surface area contributed by atoms with Gasteiger partial charge in [0.15, 0.2) is 11.4 Å². The lowest BCUT2D eigenvalue weighted by molar-refractivity contribution is 1.26. The van der Waals surface area contributed by atoms with Crippen molar-refractivity contribution in [2.45, 2.75) is 0 Å². The lowest BCUT2D eigenvalue weighted by atomic mass is 10.1. The number of rotatable bonds is 1. The van der Waals surface area contributed by atoms with Gasteiger partial charge in [0, 0.05) is 12.3 Å². The van der Waals surface area contributed by atoms with Gasteiger partial charge in [-0.2, -0.15) is 5.26 Å². The number of aromatic nitrogens is 1. The van der Waals surface area contributed by atoms with Crippen LogP contribution in [0, 0.1) is 11.5 Å². The fraction of sp³-hybridized carbons (Fsp3) is 0.0833. The van der Waals surface area contributed by atoms with E-state index in [0.717, 1.165) is 10.8 Å². The van der Waals surface area contributed by atoms with Gasteiger partial charge < -0.3 is 4.98 Å². The highest BCUT2D eigenvalue weighted by Crippen LogP contribution is 2.20. The van der Waals surface area contributed by atoms with Gasteiger partial charge in [-0.25, -0.2) is 4.99 Å². The van der Waals surface area contributed by atoms with Gasteiger partial charge in [-0.15, -0.1) is 0 Å². The minimum atomic E-state index is -0.149. The maximum absolute atomic E-state index is 11.2. The molecule has 1 aromatic heterocycles. The zero-order valence-corrected chi connectivity index (χ0v) is 10.4. The molecule has 0 aliphatic heterocycles. The van der Waals surface area contributed by atoms with Crippen LogP contribution >= 0.6 is 11.8 Å². The Balaban J connectivity index is 2.47. The van der Waals surface area contributed by atoms with Crippen LogP contribution in [0.5, 0.6) is 0 Å². The zero-order chi connectivity index (χ0) is 13.0. The molecule has 2 rings (SSSR count). The van der Waals surface area contributed by atoms with Crippen molar-refractivity contribution in [2.75, 3.05) is 6.26 Å². The highest BCUT2D eigenvalue weighted by atomic mass is 32.2. The number of H-pyrrole nitrogens is 1. The number of aliphatic imine (C=N–C) groups is 1. The molecule has 18 heavy (non-hydrogen) atoms. The van der Waals surface area contributed by atoms with E-state index in [1.807, 2.05) is 24.6 Å². The summed E-state index contributed by atoms with van der Waals surface area (Å²) in [5, 5.41) is 13.3. The minimum absolute atomic E-state index is 0.149. The van der Waals surface area contributed by atoms with Gasteiger partial charge in [-0.05, 0) is 29.2 Å². The van der Waals surface area contributed by atoms with Crippen LogP contribution in [0.3, 0.4) is 0 Å². The van der Waals surface area contributed by atoms with Gasteiger partial charge in [0.1, 0.15) is 0 Å². The molecule has 0 radical (unpaired) electrons. The molecule has 0 aliphatic carbocycles. The van der Waals surface area contributed by atoms with Gasteiger partial charge in [0.05, 0.1) is 5.69 Å². The van der Waals surface area contributed by atoms with E-state index in [4.69, 9.17) is 5.26 Å². The second-order valence-electron chi connectivity index (χ2n) is 3.47. The molecule has 0 spiro atoms. The lowest BCUT2D eigenvalue weighted by Crippen LogP contribution is -2.12. The predicted molar refractivity (Wildman–Crippen MR) is 73.9 cm³/mol. The summed E-state index contributed by atoms with van der Waals surface area (Å²) in [4.78, 5) is 18.1. The van der Waals surface area contributed by atoms with Crippen molar-refractivity contribution in [2.24, 2.45) is 4.99 Å². The van der Waals surface area contributed by atoms with Gasteiger partial charge in [-0.1, -0.05) is 17.8 Å². The summed E-state index contributed by atoms with van der Waals surface area (Å²) in [6, 6.07) is 7.02. The number of benzene rings is 1. The fourth-order valence-corrected chi connectivity index (χ4v) is 1.85. The second kappa shape index (κ2) is 5.38. The molecule has 0 saturated carbocycles. The van der Waals surface area contributed by atoms with E-state index in [1.54, 1.807) is 12.3 Å². The third kappa shape index (κ3) is 2.70. The van der Waals surface area contributed by atoms with E-state index in [1.165, 1.54) is 17.8 Å². The van der Waals surface area contributed by atoms with Gasteiger partial charge >= 0.3 is 0 Å². The van der Waals surface area contributed by atoms with Crippen LogP contribution in [0.4, 0.5) is 5.69 Å². The number of aromatic amines is 1. The number of nitrogens with one attached hydrogen (secondary N) is 2. The summed E-state index contributed by atoms with van der Waals surface area (Å²) in [5.41, 5.74) is 0.545. The van der Waals surface area contributed by atoms with Crippen LogP contribution in [0.15, 0.2) is 40.2 Å². The van der Waals surface area contributed by atoms with Crippen LogP contribution in [-0.2, 0) is 0 Å². The Hall–Kier alpha value is -2.26. The summed E-state index contributed by atoms with van der Waals surface area (Å²) in [6.07, 6.45) is 5.32. The van der Waals surface area contributed by atoms with Crippen molar-refractivity contribution in [1.82, 2.24) is 10.3 Å². The number of nitriles is 1. The number of fused-ring (bicyclic) bond motifs is 1. The third-order valence-corrected chi connectivity index (χ3v) is 2.89. The molecule has 0 amide bonds. The first-order valence-electron chi connectivity index (χ1n) is 5.13. The van der Waals surface area contributed by atoms with Crippen LogP contribution in [0.25, 0.3) is 10.8 Å². The summed E-state index contributed by atoms with van der Waals surface area (Å²) in [6.45, 7) is 0. The van der Waals surface area contributed by atoms with Gasteiger partial charge in [-0.3, -0.25) is 10.1 Å². The number of amidine groups is 1. The molecule has 0 saturated heterocycles. The maximum Gasteiger partial charge on any atom is 0.248 e. The molecule has 6 heteroatoms. The SMILES string of the molecule is CSC(=Nc1ccc2c[nH]c(=O)cc2c1)NC#N. The smallest absolute Gasteiger partial charge is 0.248 e. The van der Waals surface area contributed by atoms with Crippen molar-refractivity contribution in [3.63, 3.8) is 0 Å². The van der Waals surface area contributed by atoms with Crippen LogP contribution in [0.1, 0.15) is 0 Å². The summed E-state index contributed by atoms with van der Waals surface area (Å²) in [5.74, 6) is 0. The van der Waals surface area contributed by atoms with Crippen molar-refractivity contribution in [1.29, 1.82) is 5.26 Å². The molecule has 0 atom stereocenters. The van der Waals surface area contributed by atoms with E-state index in [9.17, 15) is 4.79 Å². The first-order chi connectivity index (χ1) is 8.72. The highest BCUT2D eigenvalue weighted by Gasteiger charge is 1.99. The minimum Gasteiger partial charge on any atom is -0.328 e. The molecule has 90 valence electrons. The first kappa shape index (κ1) is 12.2. The summed E-state index contributed by atoms with van der Waals surface area (Å²) < 4.78 is 0. The average molecular weight is 258 g/mol. The quantitative estimate of drug-likeness (QED) is 0.354. The molecule has 0 aliphatic rings. The van der Waals surface area contributed by atoms with Crippen molar-refractivity contribution in [3.05, 3.63) is 40.8 Å². The Kier molecular flexibility index (Phi) is 3.65. The van der Waals surface area contributed by atoms with Crippen LogP contribution < -0.4 is 10.9 Å². The van der Waals surface area contributed by atoms with E-state index < -0.39 is 0 Å². The summed E-state index contributed by atoms with van der Waals surface area (Å²) in [7, 11) is 0. The maximum atomic E-state index is 11.2. The van der Waals surface area contributed by atoms with Gasteiger partial charge in [0.25, 0.3) is 0 Å². The van der Waals surface area contributed by atoms with E-state index in [0.29, 0.717) is 10.9 Å². The lowest BCUT2D eigenvalue weighted by Gasteiger charge is -2.01. The number of hydrogen-bond donors (Lipinski definition) is 2. The Bertz CT molecular complexity index is 699. The molecule has 0 bridgehead atoms. The van der Waals surface area contributed by atoms with E-state index in [2.05, 4.69) is 15.3 Å². The first-order valence-corrected chi connectivity index (χ1v) is 6.35. The standard InChI is InChI=1S/C12H10N4OS/c1-18-12(15-7-13)16-10-3-2-8-6-14-11(17)5-9(8)4-10/h2-6H,1H3,(H,14,17)(H,15,16). The summed E-state index contributed by atoms with van der Waals surface area (Å²) >= 11 is 1.35. The average Bonchev–Trinajstić information content (AvgIpc) is 2.37. The number of hydrogen-bond acceptors (Lipinski definition) is 4. The number of pyridine rings is 1. The Morgan fingerprint density at radius 2 is 2.28 bits per heavy atom. The second-order valence-corrected chi connectivity index (χ2v) is 4.26. The fourth-order valence-electron chi connectivity index (χ4n) is 1.51. The van der Waals surface area contributed by atoms with Crippen molar-refractivity contribution >= 4 is 33.4 Å². The van der Waals surface area contributed by atoms with Crippen molar-refractivity contribution in [3.8, 4) is 6.19 Å². The number of thioether (sulfide) groups is 1. The molecule has 2 aromatic rings. The Morgan fingerprint density at radius 3 is 3.00 bits per heavy atom. The molecular formula is C12H10N4OS. The van der Waals surface area contributed by atoms with Crippen molar-refractivity contribution < 1.29 is 0 Å². The molecule has 2 N–H and O–H groups in total. The van der Waals surface area contributed by atoms with Crippen LogP contribution in [-0.4, -0.2) is 16.4 Å². The van der Waals surface area contributed by atoms with Crippen LogP contribution in [0.2, 0.25) is 0 Å². The molecule has 0 unspecified atom stereocenters. The molecule has 1 aromatic carbocycles. The van der Waals surface area contributed by atoms with E-state index >= 15 is 0 Å². The molecular weight excluding hydrogens is 248 g/mol. The number of nitrogens with zero attached hydrogens (tertiary/aromatic N) is 2. The molecule has 1 heterocycles. The third-order valence-electron chi connectivity index (χ3n) is 2.31. The Morgan fingerprint density at radius 1 is 1.44 bits per heavy atom.